The summed E-state index contributed by atoms with van der Waals surface area (Å²) in [5.41, 5.74) is 2.00. The van der Waals surface area contributed by atoms with E-state index < -0.39 is 11.9 Å². The number of hydrogen-bond acceptors (Lipinski definition) is 4. The molecule has 0 fully saturated rings. The average Bonchev–Trinajstić information content (AvgIpc) is 2.59. The van der Waals surface area contributed by atoms with Crippen molar-refractivity contribution in [1.29, 1.82) is 0 Å². The molecule has 0 spiro atoms. The fourth-order valence-electron chi connectivity index (χ4n) is 3.27. The summed E-state index contributed by atoms with van der Waals surface area (Å²) in [5.74, 6) is -0.734. The molecule has 1 aliphatic heterocycles. The molecular formula is C21H18O5. The van der Waals surface area contributed by atoms with Crippen LogP contribution in [0.15, 0.2) is 63.6 Å². The Balaban J connectivity index is 2.39. The molecule has 0 amide bonds. The lowest BCUT2D eigenvalue weighted by molar-refractivity contribution is -0.133. The summed E-state index contributed by atoms with van der Waals surface area (Å²) in [6.07, 6.45) is 8.70. The SMILES string of the molecule is C=Cc1c(/C=C(\C)O)oc2cc(=O)ccc-2c1C1CC=CC=C1C(=O)O. The molecule has 0 aromatic carbocycles. The van der Waals surface area contributed by atoms with Crippen molar-refractivity contribution in [2.24, 2.45) is 0 Å². The predicted octanol–water partition coefficient (Wildman–Crippen LogP) is 4.36. The molecule has 0 bridgehead atoms. The van der Waals surface area contributed by atoms with Crippen LogP contribution < -0.4 is 5.43 Å². The number of carboxylic acid groups (broad SMARTS) is 1. The van der Waals surface area contributed by atoms with Gasteiger partial charge in [0, 0.05) is 34.8 Å². The van der Waals surface area contributed by atoms with Gasteiger partial charge in [-0.2, -0.15) is 0 Å². The monoisotopic (exact) mass is 350 g/mol. The summed E-state index contributed by atoms with van der Waals surface area (Å²) in [5, 5.41) is 19.3. The fraction of sp³-hybridized carbons (Fsp3) is 0.143. The van der Waals surface area contributed by atoms with Crippen LogP contribution in [0.3, 0.4) is 0 Å². The van der Waals surface area contributed by atoms with Gasteiger partial charge in [0.2, 0.25) is 0 Å². The maximum Gasteiger partial charge on any atom is 0.332 e. The Bertz CT molecular complexity index is 1000. The number of rotatable bonds is 4. The third-order valence-corrected chi connectivity index (χ3v) is 4.32. The van der Waals surface area contributed by atoms with Crippen LogP contribution in [0.25, 0.3) is 23.5 Å². The van der Waals surface area contributed by atoms with Gasteiger partial charge in [-0.1, -0.05) is 30.9 Å². The van der Waals surface area contributed by atoms with Gasteiger partial charge in [0.05, 0.1) is 5.76 Å². The fourth-order valence-corrected chi connectivity index (χ4v) is 3.27. The maximum absolute atomic E-state index is 11.8. The molecule has 1 heterocycles. The summed E-state index contributed by atoms with van der Waals surface area (Å²) in [4.78, 5) is 23.5. The van der Waals surface area contributed by atoms with Crippen molar-refractivity contribution in [3.8, 4) is 11.3 Å². The minimum Gasteiger partial charge on any atom is -0.512 e. The highest BCUT2D eigenvalue weighted by molar-refractivity contribution is 5.91. The van der Waals surface area contributed by atoms with Crippen molar-refractivity contribution in [2.75, 3.05) is 0 Å². The van der Waals surface area contributed by atoms with Crippen LogP contribution in [-0.4, -0.2) is 16.2 Å². The molecule has 5 nitrogen and oxygen atoms in total. The molecule has 0 aromatic rings. The molecule has 1 unspecified atom stereocenters. The predicted molar refractivity (Wildman–Crippen MR) is 100 cm³/mol. The van der Waals surface area contributed by atoms with E-state index in [9.17, 15) is 19.8 Å². The number of hydrogen-bond donors (Lipinski definition) is 2. The Morgan fingerprint density at radius 3 is 2.77 bits per heavy atom. The van der Waals surface area contributed by atoms with Crippen LogP contribution >= 0.6 is 0 Å². The zero-order valence-corrected chi connectivity index (χ0v) is 14.2. The van der Waals surface area contributed by atoms with Crippen LogP contribution in [0.2, 0.25) is 0 Å². The van der Waals surface area contributed by atoms with E-state index in [0.717, 1.165) is 0 Å². The largest absolute Gasteiger partial charge is 0.512 e. The van der Waals surface area contributed by atoms with E-state index in [2.05, 4.69) is 6.58 Å². The van der Waals surface area contributed by atoms with Gasteiger partial charge in [0.1, 0.15) is 11.5 Å². The molecule has 3 rings (SSSR count). The summed E-state index contributed by atoms with van der Waals surface area (Å²) >= 11 is 0. The summed E-state index contributed by atoms with van der Waals surface area (Å²) in [7, 11) is 0. The molecular weight excluding hydrogens is 332 g/mol. The number of carboxylic acids is 1. The van der Waals surface area contributed by atoms with Gasteiger partial charge in [-0.15, -0.1) is 0 Å². The third kappa shape index (κ3) is 3.11. The van der Waals surface area contributed by atoms with Crippen molar-refractivity contribution in [1.82, 2.24) is 0 Å². The molecule has 2 aliphatic carbocycles. The van der Waals surface area contributed by atoms with Crippen LogP contribution in [0.1, 0.15) is 36.1 Å². The first-order chi connectivity index (χ1) is 12.4. The molecule has 0 aromatic heterocycles. The molecule has 26 heavy (non-hydrogen) atoms. The zero-order valence-electron chi connectivity index (χ0n) is 14.2. The highest BCUT2D eigenvalue weighted by atomic mass is 16.4. The van der Waals surface area contributed by atoms with Crippen molar-refractivity contribution in [3.63, 3.8) is 0 Å². The molecule has 5 heteroatoms. The van der Waals surface area contributed by atoms with E-state index in [1.54, 1.807) is 24.3 Å². The number of aliphatic hydroxyl groups excluding tert-OH is 1. The van der Waals surface area contributed by atoms with E-state index in [0.29, 0.717) is 34.6 Å². The Morgan fingerprint density at radius 1 is 1.35 bits per heavy atom. The highest BCUT2D eigenvalue weighted by Crippen LogP contribution is 2.42. The second kappa shape index (κ2) is 6.88. The summed E-state index contributed by atoms with van der Waals surface area (Å²) < 4.78 is 5.81. The van der Waals surface area contributed by atoms with E-state index in [1.807, 2.05) is 6.08 Å². The molecule has 2 N–H and O–H groups in total. The van der Waals surface area contributed by atoms with Gasteiger partial charge in [-0.05, 0) is 31.0 Å². The minimum atomic E-state index is -1.00. The number of aliphatic hydroxyl groups is 1. The molecule has 132 valence electrons. The first kappa shape index (κ1) is 17.5. The van der Waals surface area contributed by atoms with Gasteiger partial charge in [-0.25, -0.2) is 4.79 Å². The molecule has 1 atom stereocenters. The van der Waals surface area contributed by atoms with Gasteiger partial charge in [0.15, 0.2) is 5.43 Å². The second-order valence-corrected chi connectivity index (χ2v) is 6.09. The van der Waals surface area contributed by atoms with Gasteiger partial charge in [0.25, 0.3) is 0 Å². The number of allylic oxidation sites excluding steroid dienone is 4. The number of carbonyl (C=O) groups is 1. The van der Waals surface area contributed by atoms with Gasteiger partial charge in [-0.3, -0.25) is 4.79 Å². The molecule has 3 aliphatic rings. The number of benzene rings is 1. The summed E-state index contributed by atoms with van der Waals surface area (Å²) in [6, 6.07) is 4.42. The van der Waals surface area contributed by atoms with Gasteiger partial charge >= 0.3 is 5.97 Å². The van der Waals surface area contributed by atoms with E-state index >= 15 is 0 Å². The van der Waals surface area contributed by atoms with E-state index in [1.165, 1.54) is 25.1 Å². The van der Waals surface area contributed by atoms with E-state index in [4.69, 9.17) is 4.42 Å². The number of aliphatic carboxylic acids is 1. The van der Waals surface area contributed by atoms with Crippen molar-refractivity contribution >= 4 is 18.1 Å². The lowest BCUT2D eigenvalue weighted by Crippen LogP contribution is -2.16. The van der Waals surface area contributed by atoms with E-state index in [-0.39, 0.29) is 16.8 Å². The van der Waals surface area contributed by atoms with Crippen LogP contribution in [0.5, 0.6) is 0 Å². The number of fused-ring (bicyclic) bond motifs is 1. The van der Waals surface area contributed by atoms with Crippen molar-refractivity contribution in [3.05, 3.63) is 81.4 Å². The topological polar surface area (TPSA) is 87.7 Å². The molecule has 0 radical (unpaired) electrons. The smallest absolute Gasteiger partial charge is 0.332 e. The van der Waals surface area contributed by atoms with Crippen molar-refractivity contribution < 1.29 is 19.4 Å². The third-order valence-electron chi connectivity index (χ3n) is 4.32. The van der Waals surface area contributed by atoms with Crippen molar-refractivity contribution in [2.45, 2.75) is 19.3 Å². The van der Waals surface area contributed by atoms with Crippen LogP contribution in [0.4, 0.5) is 0 Å². The first-order valence-corrected chi connectivity index (χ1v) is 8.13. The minimum absolute atomic E-state index is 0.0259. The second-order valence-electron chi connectivity index (χ2n) is 6.09. The van der Waals surface area contributed by atoms with Crippen LogP contribution in [0, 0.1) is 0 Å². The normalized spacial score (nSPS) is 17.2. The Kier molecular flexibility index (Phi) is 4.63. The zero-order chi connectivity index (χ0) is 18.8. The Hall–Kier alpha value is -3.34. The lowest BCUT2D eigenvalue weighted by atomic mass is 9.79. The Morgan fingerprint density at radius 2 is 2.12 bits per heavy atom. The first-order valence-electron chi connectivity index (χ1n) is 8.13. The Labute approximate surface area is 150 Å². The van der Waals surface area contributed by atoms with Crippen LogP contribution in [-0.2, 0) is 4.79 Å². The maximum atomic E-state index is 11.8. The lowest BCUT2D eigenvalue weighted by Gasteiger charge is -2.25. The average molecular weight is 350 g/mol. The summed E-state index contributed by atoms with van der Waals surface area (Å²) in [6.45, 7) is 5.33. The molecule has 0 saturated heterocycles. The quantitative estimate of drug-likeness (QED) is 0.800. The van der Waals surface area contributed by atoms with Gasteiger partial charge < -0.3 is 14.6 Å². The highest BCUT2D eigenvalue weighted by Gasteiger charge is 2.30. The molecule has 0 saturated carbocycles. The standard InChI is InChI=1S/C21H18O5/c1-3-14-18(10-12(2)22)26-19-11-13(23)8-9-17(19)20(14)15-6-4-5-7-16(15)21(24)25/h3-5,7-11,15,22H,1,6H2,2H3,(H,24,25)/b12-10+.